The predicted molar refractivity (Wildman–Crippen MR) is 123 cm³/mol. The summed E-state index contributed by atoms with van der Waals surface area (Å²) >= 11 is 0. The molecule has 2 aromatic heterocycles. The Hall–Kier alpha value is -3.25. The van der Waals surface area contributed by atoms with Gasteiger partial charge in [-0.3, -0.25) is 4.90 Å². The molecule has 6 heteroatoms. The van der Waals surface area contributed by atoms with E-state index in [4.69, 9.17) is 9.15 Å². The van der Waals surface area contributed by atoms with Crippen molar-refractivity contribution in [3.8, 4) is 0 Å². The van der Waals surface area contributed by atoms with E-state index in [0.717, 1.165) is 61.0 Å². The average molecular weight is 418 g/mol. The van der Waals surface area contributed by atoms with Gasteiger partial charge < -0.3 is 19.0 Å². The standard InChI is InChI=1S/C25H27N3O3/c1-2-30-25(29)19-3-5-23-22(16-19)20(17-26-23)7-9-27-10-12-28(13-11-27)21-4-6-24-18(15-21)8-14-31-24/h3-6,8,14-17,26H,2,7,9-13H2,1H3. The zero-order valence-electron chi connectivity index (χ0n) is 17.8. The van der Waals surface area contributed by atoms with Gasteiger partial charge in [0.1, 0.15) is 5.58 Å². The van der Waals surface area contributed by atoms with Crippen LogP contribution in [-0.4, -0.2) is 55.2 Å². The minimum Gasteiger partial charge on any atom is -0.464 e. The zero-order chi connectivity index (χ0) is 21.2. The molecule has 0 atom stereocenters. The Morgan fingerprint density at radius 3 is 2.81 bits per heavy atom. The number of nitrogens with zero attached hydrogens (tertiary/aromatic N) is 2. The molecule has 4 aromatic rings. The van der Waals surface area contributed by atoms with E-state index in [1.165, 1.54) is 11.3 Å². The van der Waals surface area contributed by atoms with E-state index < -0.39 is 0 Å². The van der Waals surface area contributed by atoms with Crippen LogP contribution in [0.3, 0.4) is 0 Å². The molecule has 0 aliphatic carbocycles. The van der Waals surface area contributed by atoms with Crippen LogP contribution in [0, 0.1) is 0 Å². The molecule has 1 fully saturated rings. The third-order valence-corrected chi connectivity index (χ3v) is 6.15. The van der Waals surface area contributed by atoms with Crippen molar-refractivity contribution in [1.82, 2.24) is 9.88 Å². The number of furan rings is 1. The number of nitrogens with one attached hydrogen (secondary N) is 1. The number of fused-ring (bicyclic) bond motifs is 2. The molecular formula is C25H27N3O3. The van der Waals surface area contributed by atoms with E-state index in [-0.39, 0.29) is 5.97 Å². The lowest BCUT2D eigenvalue weighted by Gasteiger charge is -2.36. The number of benzene rings is 2. The smallest absolute Gasteiger partial charge is 0.338 e. The van der Waals surface area contributed by atoms with Crippen LogP contribution in [0.1, 0.15) is 22.8 Å². The van der Waals surface area contributed by atoms with Crippen molar-refractivity contribution in [3.05, 3.63) is 66.1 Å². The van der Waals surface area contributed by atoms with Crippen LogP contribution in [-0.2, 0) is 11.2 Å². The Balaban J connectivity index is 1.20. The third kappa shape index (κ3) is 4.03. The van der Waals surface area contributed by atoms with Crippen molar-refractivity contribution >= 4 is 33.5 Å². The second-order valence-electron chi connectivity index (χ2n) is 8.02. The number of hydrogen-bond acceptors (Lipinski definition) is 5. The van der Waals surface area contributed by atoms with Gasteiger partial charge in [0.25, 0.3) is 0 Å². The van der Waals surface area contributed by atoms with E-state index in [0.29, 0.717) is 12.2 Å². The predicted octanol–water partition coefficient (Wildman–Crippen LogP) is 4.46. The van der Waals surface area contributed by atoms with E-state index >= 15 is 0 Å². The van der Waals surface area contributed by atoms with Gasteiger partial charge in [0.2, 0.25) is 0 Å². The van der Waals surface area contributed by atoms with Gasteiger partial charge in [-0.1, -0.05) is 0 Å². The number of aromatic nitrogens is 1. The molecule has 0 saturated carbocycles. The Morgan fingerprint density at radius 1 is 1.10 bits per heavy atom. The van der Waals surface area contributed by atoms with Gasteiger partial charge in [-0.15, -0.1) is 0 Å². The quantitative estimate of drug-likeness (QED) is 0.470. The molecule has 0 radical (unpaired) electrons. The van der Waals surface area contributed by atoms with E-state index in [1.807, 2.05) is 31.2 Å². The summed E-state index contributed by atoms with van der Waals surface area (Å²) < 4.78 is 10.6. The van der Waals surface area contributed by atoms with Crippen molar-refractivity contribution in [2.24, 2.45) is 0 Å². The Labute approximate surface area is 181 Å². The van der Waals surface area contributed by atoms with E-state index in [2.05, 4.69) is 39.2 Å². The van der Waals surface area contributed by atoms with Crippen LogP contribution in [0.2, 0.25) is 0 Å². The highest BCUT2D eigenvalue weighted by atomic mass is 16.5. The Kier molecular flexibility index (Phi) is 5.38. The van der Waals surface area contributed by atoms with Gasteiger partial charge in [-0.05, 0) is 61.4 Å². The lowest BCUT2D eigenvalue weighted by atomic mass is 10.1. The van der Waals surface area contributed by atoms with Gasteiger partial charge in [-0.25, -0.2) is 4.79 Å². The van der Waals surface area contributed by atoms with Crippen molar-refractivity contribution < 1.29 is 13.9 Å². The molecule has 1 N–H and O–H groups in total. The number of piperazine rings is 1. The first-order chi connectivity index (χ1) is 15.2. The normalized spacial score (nSPS) is 15.1. The number of rotatable bonds is 6. The molecule has 1 aliphatic rings. The number of esters is 1. The van der Waals surface area contributed by atoms with Gasteiger partial charge in [0.05, 0.1) is 18.4 Å². The molecule has 3 heterocycles. The van der Waals surface area contributed by atoms with Gasteiger partial charge in [0, 0.05) is 60.9 Å². The van der Waals surface area contributed by atoms with Crippen LogP contribution in [0.25, 0.3) is 21.9 Å². The molecule has 5 rings (SSSR count). The fraction of sp³-hybridized carbons (Fsp3) is 0.320. The summed E-state index contributed by atoms with van der Waals surface area (Å²) in [6.07, 6.45) is 4.76. The number of hydrogen-bond donors (Lipinski definition) is 1. The van der Waals surface area contributed by atoms with Crippen LogP contribution in [0.4, 0.5) is 5.69 Å². The first kappa shape index (κ1) is 19.7. The first-order valence-corrected chi connectivity index (χ1v) is 10.9. The van der Waals surface area contributed by atoms with Crippen LogP contribution in [0.5, 0.6) is 0 Å². The highest BCUT2D eigenvalue weighted by Crippen LogP contribution is 2.25. The highest BCUT2D eigenvalue weighted by Gasteiger charge is 2.18. The fourth-order valence-electron chi connectivity index (χ4n) is 4.39. The Morgan fingerprint density at radius 2 is 1.97 bits per heavy atom. The molecule has 0 amide bonds. The molecule has 1 aliphatic heterocycles. The van der Waals surface area contributed by atoms with Crippen LogP contribution < -0.4 is 4.90 Å². The zero-order valence-corrected chi connectivity index (χ0v) is 17.8. The van der Waals surface area contributed by atoms with Crippen LogP contribution in [0.15, 0.2) is 59.3 Å². The van der Waals surface area contributed by atoms with Gasteiger partial charge in [-0.2, -0.15) is 0 Å². The summed E-state index contributed by atoms with van der Waals surface area (Å²) in [6.45, 7) is 7.34. The number of H-pyrrole nitrogens is 1. The summed E-state index contributed by atoms with van der Waals surface area (Å²) in [5, 5.41) is 2.26. The average Bonchev–Trinajstić information content (AvgIpc) is 3.44. The summed E-state index contributed by atoms with van der Waals surface area (Å²) in [4.78, 5) is 20.4. The lowest BCUT2D eigenvalue weighted by molar-refractivity contribution is 0.0526. The topological polar surface area (TPSA) is 61.7 Å². The minimum atomic E-state index is -0.263. The number of ether oxygens (including phenoxy) is 1. The SMILES string of the molecule is CCOC(=O)c1ccc2[nH]cc(CCN3CCN(c4ccc5occc5c4)CC3)c2c1. The maximum atomic E-state index is 12.1. The summed E-state index contributed by atoms with van der Waals surface area (Å²) in [7, 11) is 0. The number of carbonyl (C=O) groups excluding carboxylic acids is 1. The van der Waals surface area contributed by atoms with Crippen molar-refractivity contribution in [2.45, 2.75) is 13.3 Å². The minimum absolute atomic E-state index is 0.263. The van der Waals surface area contributed by atoms with E-state index in [9.17, 15) is 4.79 Å². The molecular weight excluding hydrogens is 390 g/mol. The van der Waals surface area contributed by atoms with Gasteiger partial charge >= 0.3 is 5.97 Å². The molecule has 31 heavy (non-hydrogen) atoms. The maximum absolute atomic E-state index is 12.1. The summed E-state index contributed by atoms with van der Waals surface area (Å²) in [5.74, 6) is -0.263. The van der Waals surface area contributed by atoms with Crippen LogP contribution >= 0.6 is 0 Å². The molecule has 0 spiro atoms. The largest absolute Gasteiger partial charge is 0.464 e. The lowest BCUT2D eigenvalue weighted by Crippen LogP contribution is -2.46. The summed E-state index contributed by atoms with van der Waals surface area (Å²) in [6, 6.07) is 14.2. The molecule has 2 aromatic carbocycles. The molecule has 0 unspecified atom stereocenters. The molecule has 160 valence electrons. The Bertz CT molecular complexity index is 1200. The summed E-state index contributed by atoms with van der Waals surface area (Å²) in [5.41, 5.74) is 5.11. The van der Waals surface area contributed by atoms with Crippen molar-refractivity contribution in [3.63, 3.8) is 0 Å². The molecule has 0 bridgehead atoms. The number of carbonyl (C=O) groups is 1. The second-order valence-corrected chi connectivity index (χ2v) is 8.02. The molecule has 6 nitrogen and oxygen atoms in total. The van der Waals surface area contributed by atoms with Crippen molar-refractivity contribution in [2.75, 3.05) is 44.2 Å². The number of aromatic amines is 1. The molecule has 1 saturated heterocycles. The fourth-order valence-corrected chi connectivity index (χ4v) is 4.39. The third-order valence-electron chi connectivity index (χ3n) is 6.15. The van der Waals surface area contributed by atoms with E-state index in [1.54, 1.807) is 6.26 Å². The van der Waals surface area contributed by atoms with Gasteiger partial charge in [0.15, 0.2) is 0 Å². The number of anilines is 1. The second kappa shape index (κ2) is 8.47. The highest BCUT2D eigenvalue weighted by molar-refractivity contribution is 5.95. The van der Waals surface area contributed by atoms with Crippen molar-refractivity contribution in [1.29, 1.82) is 0 Å². The monoisotopic (exact) mass is 417 g/mol. The first-order valence-electron chi connectivity index (χ1n) is 10.9. The maximum Gasteiger partial charge on any atom is 0.338 e.